The third-order valence-electron chi connectivity index (χ3n) is 10.7. The van der Waals surface area contributed by atoms with Crippen molar-refractivity contribution in [2.45, 2.75) is 0 Å². The SMILES string of the molecule is c1ccc(-c2ccc(-c3nc(-n4c5ccccc5c5c6c7ccccc7n7c8ccccc8c(cc54)c67)nc4sc5ccccc5c34)cc2)cc1. The van der Waals surface area contributed by atoms with Crippen LogP contribution in [0.1, 0.15) is 0 Å². The van der Waals surface area contributed by atoms with Gasteiger partial charge in [-0.3, -0.25) is 4.57 Å². The van der Waals surface area contributed by atoms with Crippen LogP contribution in [0.3, 0.4) is 0 Å². The molecule has 0 aliphatic heterocycles. The summed E-state index contributed by atoms with van der Waals surface area (Å²) in [5.74, 6) is 0.684. The fourth-order valence-corrected chi connectivity index (χ4v) is 9.62. The van der Waals surface area contributed by atoms with Crippen molar-refractivity contribution < 1.29 is 0 Å². The van der Waals surface area contributed by atoms with Crippen molar-refractivity contribution in [2.75, 3.05) is 0 Å². The molecule has 5 heterocycles. The van der Waals surface area contributed by atoms with Gasteiger partial charge in [-0.15, -0.1) is 11.3 Å². The number of benzene rings is 7. The molecule has 0 saturated heterocycles. The van der Waals surface area contributed by atoms with E-state index in [1.54, 1.807) is 11.3 Å². The molecule has 236 valence electrons. The molecule has 0 radical (unpaired) electrons. The highest BCUT2D eigenvalue weighted by molar-refractivity contribution is 7.25. The van der Waals surface area contributed by atoms with E-state index in [-0.39, 0.29) is 0 Å². The summed E-state index contributed by atoms with van der Waals surface area (Å²) in [4.78, 5) is 11.9. The zero-order valence-corrected chi connectivity index (χ0v) is 28.0. The first kappa shape index (κ1) is 27.3. The lowest BCUT2D eigenvalue weighted by atomic mass is 10.0. The Morgan fingerprint density at radius 1 is 0.412 bits per heavy atom. The predicted molar refractivity (Wildman–Crippen MR) is 215 cm³/mol. The van der Waals surface area contributed by atoms with Crippen LogP contribution in [0, 0.1) is 0 Å². The number of nitrogens with zero attached hydrogens (tertiary/aromatic N) is 4. The van der Waals surface area contributed by atoms with E-state index in [2.05, 4.69) is 167 Å². The van der Waals surface area contributed by atoms with Crippen molar-refractivity contribution in [1.82, 2.24) is 18.9 Å². The highest BCUT2D eigenvalue weighted by atomic mass is 32.1. The molecule has 12 rings (SSSR count). The topological polar surface area (TPSA) is 35.1 Å². The van der Waals surface area contributed by atoms with Gasteiger partial charge in [-0.05, 0) is 41.5 Å². The number of hydrogen-bond acceptors (Lipinski definition) is 3. The summed E-state index contributed by atoms with van der Waals surface area (Å²) >= 11 is 1.74. The summed E-state index contributed by atoms with van der Waals surface area (Å²) in [5, 5.41) is 9.77. The normalized spacial score (nSPS) is 12.3. The zero-order valence-electron chi connectivity index (χ0n) is 27.2. The fraction of sp³-hybridized carbons (Fsp3) is 0. The molecule has 0 aliphatic carbocycles. The van der Waals surface area contributed by atoms with Crippen LogP contribution >= 0.6 is 11.3 Å². The third-order valence-corrected chi connectivity index (χ3v) is 11.8. The van der Waals surface area contributed by atoms with Gasteiger partial charge < -0.3 is 4.40 Å². The van der Waals surface area contributed by atoms with Crippen molar-refractivity contribution in [3.05, 3.63) is 158 Å². The highest BCUT2D eigenvalue weighted by Crippen LogP contribution is 2.47. The van der Waals surface area contributed by atoms with Gasteiger partial charge in [0.1, 0.15) is 4.83 Å². The maximum Gasteiger partial charge on any atom is 0.236 e. The second-order valence-electron chi connectivity index (χ2n) is 13.4. The predicted octanol–water partition coefficient (Wildman–Crippen LogP) is 12.4. The van der Waals surface area contributed by atoms with Crippen molar-refractivity contribution in [3.63, 3.8) is 0 Å². The molecule has 4 nitrogen and oxygen atoms in total. The summed E-state index contributed by atoms with van der Waals surface area (Å²) in [5.41, 5.74) is 10.4. The molecule has 0 aliphatic rings. The smallest absolute Gasteiger partial charge is 0.236 e. The molecule has 0 spiro atoms. The Balaban J connectivity index is 1.22. The number of fused-ring (bicyclic) bond motifs is 13. The Morgan fingerprint density at radius 2 is 1.00 bits per heavy atom. The average molecular weight is 667 g/mol. The van der Waals surface area contributed by atoms with E-state index in [0.29, 0.717) is 5.95 Å². The minimum absolute atomic E-state index is 0.684. The molecule has 0 atom stereocenters. The second kappa shape index (κ2) is 10.0. The van der Waals surface area contributed by atoms with Gasteiger partial charge in [-0.2, -0.15) is 0 Å². The largest absolute Gasteiger partial charge is 0.308 e. The Morgan fingerprint density at radius 3 is 1.78 bits per heavy atom. The lowest BCUT2D eigenvalue weighted by Crippen LogP contribution is -2.02. The molecule has 7 aromatic carbocycles. The van der Waals surface area contributed by atoms with E-state index in [4.69, 9.17) is 9.97 Å². The van der Waals surface area contributed by atoms with Crippen LogP contribution in [0.5, 0.6) is 0 Å². The van der Waals surface area contributed by atoms with E-state index >= 15 is 0 Å². The second-order valence-corrected chi connectivity index (χ2v) is 14.4. The summed E-state index contributed by atoms with van der Waals surface area (Å²) in [6, 6.07) is 56.7. The van der Waals surface area contributed by atoms with Crippen LogP contribution in [0.2, 0.25) is 0 Å². The van der Waals surface area contributed by atoms with Crippen molar-refractivity contribution in [3.8, 4) is 28.3 Å². The summed E-state index contributed by atoms with van der Waals surface area (Å²) in [7, 11) is 0. The van der Waals surface area contributed by atoms with Crippen molar-refractivity contribution in [1.29, 1.82) is 0 Å². The number of rotatable bonds is 3. The van der Waals surface area contributed by atoms with E-state index in [1.165, 1.54) is 70.1 Å². The van der Waals surface area contributed by atoms with Gasteiger partial charge in [-0.25, -0.2) is 9.97 Å². The Hall–Kier alpha value is -6.56. The first-order chi connectivity index (χ1) is 25.3. The molecule has 0 amide bonds. The molecule has 5 aromatic heterocycles. The first-order valence-electron chi connectivity index (χ1n) is 17.3. The number of hydrogen-bond donors (Lipinski definition) is 0. The van der Waals surface area contributed by atoms with Gasteiger partial charge in [0.25, 0.3) is 0 Å². The molecule has 5 heteroatoms. The van der Waals surface area contributed by atoms with E-state index in [9.17, 15) is 0 Å². The van der Waals surface area contributed by atoms with Crippen LogP contribution < -0.4 is 0 Å². The van der Waals surface area contributed by atoms with Gasteiger partial charge in [-0.1, -0.05) is 127 Å². The fourth-order valence-electron chi connectivity index (χ4n) is 8.55. The van der Waals surface area contributed by atoms with Crippen molar-refractivity contribution in [2.24, 2.45) is 0 Å². The summed E-state index contributed by atoms with van der Waals surface area (Å²) in [6.45, 7) is 0. The van der Waals surface area contributed by atoms with Gasteiger partial charge in [0, 0.05) is 53.4 Å². The number of para-hydroxylation sites is 3. The molecule has 51 heavy (non-hydrogen) atoms. The van der Waals surface area contributed by atoms with Gasteiger partial charge in [0.05, 0.1) is 33.3 Å². The summed E-state index contributed by atoms with van der Waals surface area (Å²) < 4.78 is 5.97. The Labute approximate surface area is 295 Å². The van der Waals surface area contributed by atoms with Crippen molar-refractivity contribution >= 4 is 91.5 Å². The minimum atomic E-state index is 0.684. The molecule has 0 saturated carbocycles. The molecular weight excluding hydrogens is 641 g/mol. The van der Waals surface area contributed by atoms with Gasteiger partial charge in [0.15, 0.2) is 0 Å². The van der Waals surface area contributed by atoms with Crippen LogP contribution in [-0.2, 0) is 0 Å². The van der Waals surface area contributed by atoms with Crippen LogP contribution in [0.4, 0.5) is 0 Å². The minimum Gasteiger partial charge on any atom is -0.308 e. The maximum atomic E-state index is 5.53. The monoisotopic (exact) mass is 666 g/mol. The molecule has 0 N–H and O–H groups in total. The van der Waals surface area contributed by atoms with Crippen LogP contribution in [-0.4, -0.2) is 18.9 Å². The molecule has 0 fully saturated rings. The summed E-state index contributed by atoms with van der Waals surface area (Å²) in [6.07, 6.45) is 0. The lowest BCUT2D eigenvalue weighted by Gasteiger charge is -2.11. The molecular formula is C46H26N4S. The lowest BCUT2D eigenvalue weighted by molar-refractivity contribution is 1.02. The standard InChI is InChI=1S/C46H26N4S/c1-2-12-27(13-3-1)28-22-24-29(25-23-28)43-42-33-17-7-11-21-39(33)51-45(42)48-46(47-43)50-37-20-10-5-15-31(37)40-38(50)26-34-30-14-4-8-18-35(30)49-36-19-9-6-16-32(36)41(40)44(34)49/h1-26H. The average Bonchev–Trinajstić information content (AvgIpc) is 3.93. The van der Waals surface area contributed by atoms with Gasteiger partial charge in [0.2, 0.25) is 5.95 Å². The van der Waals surface area contributed by atoms with Gasteiger partial charge >= 0.3 is 0 Å². The quantitative estimate of drug-likeness (QED) is 0.188. The van der Waals surface area contributed by atoms with Crippen LogP contribution in [0.15, 0.2) is 158 Å². The van der Waals surface area contributed by atoms with E-state index in [1.807, 2.05) is 0 Å². The maximum absolute atomic E-state index is 5.53. The van der Waals surface area contributed by atoms with E-state index < -0.39 is 0 Å². The van der Waals surface area contributed by atoms with E-state index in [0.717, 1.165) is 32.5 Å². The third kappa shape index (κ3) is 3.63. The molecule has 0 unspecified atom stereocenters. The number of aromatic nitrogens is 4. The molecule has 12 aromatic rings. The number of thiophene rings is 1. The van der Waals surface area contributed by atoms with Crippen LogP contribution in [0.25, 0.3) is 109 Å². The zero-order chi connectivity index (χ0) is 33.2. The Kier molecular flexibility index (Phi) is 5.35. The highest BCUT2D eigenvalue weighted by Gasteiger charge is 2.25. The Bertz CT molecular complexity index is 3350. The first-order valence-corrected chi connectivity index (χ1v) is 18.1. The molecule has 0 bridgehead atoms.